The second kappa shape index (κ2) is 8.27. The largest absolute Gasteiger partial charge is 0.376 e. The summed E-state index contributed by atoms with van der Waals surface area (Å²) in [5.41, 5.74) is 3.15. The van der Waals surface area contributed by atoms with E-state index in [1.165, 1.54) is 0 Å². The van der Waals surface area contributed by atoms with Gasteiger partial charge in [-0.15, -0.1) is 0 Å². The smallest absolute Gasteiger partial charge is 0.262 e. The Kier molecular flexibility index (Phi) is 5.61. The molecular formula is C21H20N2O2. The van der Waals surface area contributed by atoms with Gasteiger partial charge in [-0.3, -0.25) is 4.79 Å². The minimum Gasteiger partial charge on any atom is -0.376 e. The van der Waals surface area contributed by atoms with Crippen molar-refractivity contribution in [3.05, 3.63) is 65.7 Å². The van der Waals surface area contributed by atoms with Gasteiger partial charge in [0, 0.05) is 13.2 Å². The number of hydrogen-bond acceptors (Lipinski definition) is 3. The predicted octanol–water partition coefficient (Wildman–Crippen LogP) is 3.56. The van der Waals surface area contributed by atoms with Crippen LogP contribution in [0.2, 0.25) is 0 Å². The van der Waals surface area contributed by atoms with Crippen LogP contribution in [0.1, 0.15) is 18.4 Å². The lowest BCUT2D eigenvalue weighted by Gasteiger charge is -2.10. The quantitative estimate of drug-likeness (QED) is 0.673. The number of nitrogens with one attached hydrogen (secondary N) is 1. The lowest BCUT2D eigenvalue weighted by Crippen LogP contribution is -2.32. The molecule has 0 bridgehead atoms. The van der Waals surface area contributed by atoms with Gasteiger partial charge in [-0.25, -0.2) is 0 Å². The van der Waals surface area contributed by atoms with Crippen LogP contribution in [-0.4, -0.2) is 25.2 Å². The molecule has 4 heteroatoms. The summed E-state index contributed by atoms with van der Waals surface area (Å²) in [4.78, 5) is 12.2. The first kappa shape index (κ1) is 16.9. The van der Waals surface area contributed by atoms with Crippen LogP contribution in [0.5, 0.6) is 0 Å². The van der Waals surface area contributed by atoms with Crippen molar-refractivity contribution in [3.63, 3.8) is 0 Å². The highest BCUT2D eigenvalue weighted by atomic mass is 16.5. The van der Waals surface area contributed by atoms with E-state index in [-0.39, 0.29) is 17.6 Å². The maximum atomic E-state index is 12.2. The van der Waals surface area contributed by atoms with Crippen molar-refractivity contribution >= 4 is 12.0 Å². The maximum absolute atomic E-state index is 12.2. The summed E-state index contributed by atoms with van der Waals surface area (Å²) in [6.45, 7) is 1.19. The normalized spacial score (nSPS) is 17.1. The number of benzene rings is 2. The molecule has 0 aliphatic carbocycles. The van der Waals surface area contributed by atoms with Crippen molar-refractivity contribution in [1.82, 2.24) is 5.32 Å². The number of carbonyl (C=O) groups excluding carboxylic acids is 1. The molecule has 1 heterocycles. The first-order valence-electron chi connectivity index (χ1n) is 8.43. The number of rotatable bonds is 5. The van der Waals surface area contributed by atoms with Crippen molar-refractivity contribution in [2.75, 3.05) is 13.2 Å². The Morgan fingerprint density at radius 2 is 1.88 bits per heavy atom. The van der Waals surface area contributed by atoms with Crippen molar-refractivity contribution in [2.24, 2.45) is 0 Å². The highest BCUT2D eigenvalue weighted by molar-refractivity contribution is 6.01. The summed E-state index contributed by atoms with van der Waals surface area (Å²) < 4.78 is 5.47. The van der Waals surface area contributed by atoms with Crippen LogP contribution >= 0.6 is 0 Å². The second-order valence-corrected chi connectivity index (χ2v) is 6.00. The van der Waals surface area contributed by atoms with Crippen LogP contribution in [0.15, 0.2) is 60.2 Å². The molecule has 1 saturated heterocycles. The van der Waals surface area contributed by atoms with E-state index in [1.807, 2.05) is 60.7 Å². The van der Waals surface area contributed by atoms with Crippen LogP contribution in [0.4, 0.5) is 0 Å². The van der Waals surface area contributed by atoms with Gasteiger partial charge in [-0.05, 0) is 35.6 Å². The van der Waals surface area contributed by atoms with Gasteiger partial charge >= 0.3 is 0 Å². The lowest BCUT2D eigenvalue weighted by atomic mass is 10.0. The van der Waals surface area contributed by atoms with E-state index in [1.54, 1.807) is 6.08 Å². The van der Waals surface area contributed by atoms with Crippen LogP contribution in [0.3, 0.4) is 0 Å². The molecule has 3 rings (SSSR count). The summed E-state index contributed by atoms with van der Waals surface area (Å²) in [7, 11) is 0. The van der Waals surface area contributed by atoms with Crippen molar-refractivity contribution in [2.45, 2.75) is 18.9 Å². The van der Waals surface area contributed by atoms with Gasteiger partial charge in [-0.1, -0.05) is 54.6 Å². The van der Waals surface area contributed by atoms with E-state index in [0.29, 0.717) is 6.54 Å². The number of amides is 1. The Morgan fingerprint density at radius 1 is 1.16 bits per heavy atom. The standard InChI is InChI=1S/C21H20N2O2/c22-14-19(21(24)23-15-20-7-4-12-25-20)13-16-8-10-18(11-9-16)17-5-2-1-3-6-17/h1-3,5-6,8-11,13,20H,4,7,12,15H2,(H,23,24)/b19-13+. The monoisotopic (exact) mass is 332 g/mol. The minimum atomic E-state index is -0.356. The molecule has 2 aromatic carbocycles. The van der Waals surface area contributed by atoms with Gasteiger partial charge in [0.05, 0.1) is 6.10 Å². The third kappa shape index (κ3) is 4.56. The van der Waals surface area contributed by atoms with Crippen LogP contribution in [0, 0.1) is 11.3 Å². The Hall–Kier alpha value is -2.90. The molecular weight excluding hydrogens is 312 g/mol. The second-order valence-electron chi connectivity index (χ2n) is 6.00. The summed E-state index contributed by atoms with van der Waals surface area (Å²) in [5.74, 6) is -0.356. The number of hydrogen-bond donors (Lipinski definition) is 1. The molecule has 1 fully saturated rings. The molecule has 1 aliphatic rings. The van der Waals surface area contributed by atoms with E-state index in [4.69, 9.17) is 4.74 Å². The predicted molar refractivity (Wildman–Crippen MR) is 97.5 cm³/mol. The topological polar surface area (TPSA) is 62.1 Å². The molecule has 4 nitrogen and oxygen atoms in total. The van der Waals surface area contributed by atoms with Crippen molar-refractivity contribution in [1.29, 1.82) is 5.26 Å². The van der Waals surface area contributed by atoms with Gasteiger partial charge < -0.3 is 10.1 Å². The van der Waals surface area contributed by atoms with Crippen LogP contribution in [-0.2, 0) is 9.53 Å². The van der Waals surface area contributed by atoms with E-state index < -0.39 is 0 Å². The number of nitriles is 1. The Morgan fingerprint density at radius 3 is 2.52 bits per heavy atom. The van der Waals surface area contributed by atoms with Gasteiger partial charge in [0.2, 0.25) is 0 Å². The summed E-state index contributed by atoms with van der Waals surface area (Å²) in [6, 6.07) is 19.8. The maximum Gasteiger partial charge on any atom is 0.262 e. The van der Waals surface area contributed by atoms with E-state index in [9.17, 15) is 10.1 Å². The van der Waals surface area contributed by atoms with Crippen LogP contribution in [0.25, 0.3) is 17.2 Å². The SMILES string of the molecule is N#C/C(=C\c1ccc(-c2ccccc2)cc1)C(=O)NCC1CCCO1. The fraction of sp³-hybridized carbons (Fsp3) is 0.238. The Labute approximate surface area is 147 Å². The van der Waals surface area contributed by atoms with E-state index in [2.05, 4.69) is 5.32 Å². The zero-order chi connectivity index (χ0) is 17.5. The average Bonchev–Trinajstić information content (AvgIpc) is 3.19. The highest BCUT2D eigenvalue weighted by Crippen LogP contribution is 2.20. The van der Waals surface area contributed by atoms with Crippen LogP contribution < -0.4 is 5.32 Å². The first-order chi connectivity index (χ1) is 12.3. The molecule has 0 aromatic heterocycles. The van der Waals surface area contributed by atoms with Gasteiger partial charge in [0.25, 0.3) is 5.91 Å². The summed E-state index contributed by atoms with van der Waals surface area (Å²) >= 11 is 0. The molecule has 1 aliphatic heterocycles. The van der Waals surface area contributed by atoms with Gasteiger partial charge in [0.1, 0.15) is 11.6 Å². The molecule has 1 N–H and O–H groups in total. The third-order valence-corrected chi connectivity index (χ3v) is 4.21. The molecule has 2 aromatic rings. The van der Waals surface area contributed by atoms with Gasteiger partial charge in [0.15, 0.2) is 0 Å². The van der Waals surface area contributed by atoms with E-state index in [0.717, 1.165) is 36.1 Å². The molecule has 1 amide bonds. The Balaban J connectivity index is 1.67. The number of carbonyl (C=O) groups is 1. The van der Waals surface area contributed by atoms with Gasteiger partial charge in [-0.2, -0.15) is 5.26 Å². The molecule has 0 radical (unpaired) electrons. The number of nitrogens with zero attached hydrogens (tertiary/aromatic N) is 1. The molecule has 25 heavy (non-hydrogen) atoms. The molecule has 0 saturated carbocycles. The van der Waals surface area contributed by atoms with Crippen molar-refractivity contribution < 1.29 is 9.53 Å². The molecule has 1 unspecified atom stereocenters. The Bertz CT molecular complexity index is 783. The number of ether oxygens (including phenoxy) is 1. The zero-order valence-corrected chi connectivity index (χ0v) is 13.9. The highest BCUT2D eigenvalue weighted by Gasteiger charge is 2.17. The fourth-order valence-electron chi connectivity index (χ4n) is 2.82. The summed E-state index contributed by atoms with van der Waals surface area (Å²) in [5, 5.41) is 12.1. The van der Waals surface area contributed by atoms with Crippen molar-refractivity contribution in [3.8, 4) is 17.2 Å². The third-order valence-electron chi connectivity index (χ3n) is 4.21. The lowest BCUT2D eigenvalue weighted by molar-refractivity contribution is -0.117. The fourth-order valence-corrected chi connectivity index (χ4v) is 2.82. The molecule has 126 valence electrons. The average molecular weight is 332 g/mol. The first-order valence-corrected chi connectivity index (χ1v) is 8.43. The summed E-state index contributed by atoms with van der Waals surface area (Å²) in [6.07, 6.45) is 3.65. The minimum absolute atomic E-state index is 0.0639. The molecule has 0 spiro atoms. The molecule has 1 atom stereocenters. The zero-order valence-electron chi connectivity index (χ0n) is 13.9. The van der Waals surface area contributed by atoms with E-state index >= 15 is 0 Å².